The van der Waals surface area contributed by atoms with E-state index in [-0.39, 0.29) is 29.8 Å². The number of carbonyl (C=O) groups excluding carboxylic acids is 3. The van der Waals surface area contributed by atoms with Crippen LogP contribution in [0.3, 0.4) is 0 Å². The zero-order valence-corrected chi connectivity index (χ0v) is 18.4. The summed E-state index contributed by atoms with van der Waals surface area (Å²) in [7, 11) is 0. The molecule has 2 aliphatic heterocycles. The molecule has 4 rings (SSSR count). The molecule has 1 aromatic heterocycles. The highest BCUT2D eigenvalue weighted by Crippen LogP contribution is 2.26. The Morgan fingerprint density at radius 3 is 2.29 bits per heavy atom. The Morgan fingerprint density at radius 2 is 1.61 bits per heavy atom. The Labute approximate surface area is 184 Å². The lowest BCUT2D eigenvalue weighted by atomic mass is 9.88. The molecule has 1 unspecified atom stereocenters. The van der Waals surface area contributed by atoms with E-state index in [0.29, 0.717) is 44.8 Å². The van der Waals surface area contributed by atoms with E-state index in [1.165, 1.54) is 6.42 Å². The van der Waals surface area contributed by atoms with Crippen LogP contribution in [0.4, 0.5) is 4.79 Å². The molecule has 1 aromatic rings. The van der Waals surface area contributed by atoms with Crippen LogP contribution >= 0.6 is 0 Å². The van der Waals surface area contributed by atoms with Crippen molar-refractivity contribution in [3.05, 3.63) is 29.6 Å². The molecule has 31 heavy (non-hydrogen) atoms. The number of nitrogens with one attached hydrogen (secondary N) is 1. The average Bonchev–Trinajstić information content (AvgIpc) is 3.27. The van der Waals surface area contributed by atoms with Gasteiger partial charge in [-0.3, -0.25) is 14.6 Å². The Hall–Kier alpha value is -2.64. The van der Waals surface area contributed by atoms with Crippen LogP contribution < -0.4 is 5.32 Å². The monoisotopic (exact) mass is 427 g/mol. The van der Waals surface area contributed by atoms with Gasteiger partial charge < -0.3 is 20.0 Å². The quantitative estimate of drug-likeness (QED) is 0.800. The molecule has 1 atom stereocenters. The van der Waals surface area contributed by atoms with Gasteiger partial charge in [0.15, 0.2) is 0 Å². The van der Waals surface area contributed by atoms with Gasteiger partial charge >= 0.3 is 6.03 Å². The van der Waals surface area contributed by atoms with Crippen molar-refractivity contribution in [3.8, 4) is 0 Å². The van der Waals surface area contributed by atoms with Gasteiger partial charge in [-0.1, -0.05) is 19.3 Å². The molecule has 8 nitrogen and oxygen atoms in total. The van der Waals surface area contributed by atoms with Gasteiger partial charge in [0.05, 0.1) is 5.56 Å². The normalized spacial score (nSPS) is 22.5. The van der Waals surface area contributed by atoms with Gasteiger partial charge in [0.25, 0.3) is 5.91 Å². The number of aryl methyl sites for hydroxylation is 1. The van der Waals surface area contributed by atoms with Gasteiger partial charge in [-0.2, -0.15) is 0 Å². The van der Waals surface area contributed by atoms with Gasteiger partial charge in [-0.15, -0.1) is 0 Å². The van der Waals surface area contributed by atoms with Crippen molar-refractivity contribution >= 4 is 17.8 Å². The number of amides is 4. The summed E-state index contributed by atoms with van der Waals surface area (Å²) in [5, 5.41) is 3.08. The van der Waals surface area contributed by atoms with Crippen molar-refractivity contribution in [2.24, 2.45) is 5.92 Å². The molecule has 3 heterocycles. The maximum atomic E-state index is 12.7. The molecule has 1 aliphatic carbocycles. The zero-order chi connectivity index (χ0) is 21.8. The number of likely N-dealkylation sites (tertiary alicyclic amines) is 1. The molecule has 3 fully saturated rings. The van der Waals surface area contributed by atoms with E-state index in [1.54, 1.807) is 22.1 Å². The molecule has 2 saturated heterocycles. The second-order valence-corrected chi connectivity index (χ2v) is 9.02. The van der Waals surface area contributed by atoms with Crippen molar-refractivity contribution < 1.29 is 14.4 Å². The van der Waals surface area contributed by atoms with E-state index in [4.69, 9.17) is 0 Å². The van der Waals surface area contributed by atoms with Crippen LogP contribution in [-0.4, -0.2) is 82.8 Å². The first-order valence-electron chi connectivity index (χ1n) is 11.6. The maximum Gasteiger partial charge on any atom is 0.317 e. The number of nitrogens with zero attached hydrogens (tertiary/aromatic N) is 4. The Bertz CT molecular complexity index is 798. The smallest absolute Gasteiger partial charge is 0.317 e. The summed E-state index contributed by atoms with van der Waals surface area (Å²) in [6.45, 7) is 5.38. The van der Waals surface area contributed by atoms with Crippen LogP contribution in [0.2, 0.25) is 0 Å². The summed E-state index contributed by atoms with van der Waals surface area (Å²) in [6, 6.07) is 3.49. The molecule has 0 aromatic carbocycles. The number of piperazine rings is 1. The lowest BCUT2D eigenvalue weighted by molar-refractivity contribution is -0.138. The standard InChI is InChI=1S/C23H33N5O3/c1-17-7-8-19(15-24-17)22(30)28-10-9-20(16-28)25-23(31)27-13-11-26(12-14-27)21(29)18-5-3-2-4-6-18/h7-8,15,18,20H,2-6,9-14,16H2,1H3,(H,25,31). The van der Waals surface area contributed by atoms with Crippen molar-refractivity contribution in [1.29, 1.82) is 0 Å². The maximum absolute atomic E-state index is 12.7. The highest BCUT2D eigenvalue weighted by molar-refractivity contribution is 5.94. The Morgan fingerprint density at radius 1 is 0.903 bits per heavy atom. The third kappa shape index (κ3) is 5.17. The van der Waals surface area contributed by atoms with Crippen molar-refractivity contribution in [3.63, 3.8) is 0 Å². The summed E-state index contributed by atoms with van der Waals surface area (Å²) in [5.41, 5.74) is 1.46. The molecule has 1 saturated carbocycles. The predicted molar refractivity (Wildman–Crippen MR) is 117 cm³/mol. The first-order chi connectivity index (χ1) is 15.0. The molecule has 8 heteroatoms. The SMILES string of the molecule is Cc1ccc(C(=O)N2CCC(NC(=O)N3CCN(C(=O)C4CCCCC4)CC3)C2)cn1. The molecule has 168 valence electrons. The molecular formula is C23H33N5O3. The number of aromatic nitrogens is 1. The summed E-state index contributed by atoms with van der Waals surface area (Å²) >= 11 is 0. The van der Waals surface area contributed by atoms with Crippen LogP contribution in [0, 0.1) is 12.8 Å². The van der Waals surface area contributed by atoms with Gasteiger partial charge in [0.2, 0.25) is 5.91 Å². The van der Waals surface area contributed by atoms with Gasteiger partial charge in [0.1, 0.15) is 0 Å². The minimum absolute atomic E-state index is 0.0425. The third-order valence-electron chi connectivity index (χ3n) is 6.79. The first-order valence-corrected chi connectivity index (χ1v) is 11.6. The Kier molecular flexibility index (Phi) is 6.73. The molecule has 3 aliphatic rings. The number of urea groups is 1. The Balaban J connectivity index is 1.22. The molecule has 0 spiro atoms. The highest BCUT2D eigenvalue weighted by atomic mass is 16.2. The van der Waals surface area contributed by atoms with Gasteiger partial charge in [-0.25, -0.2) is 4.79 Å². The second kappa shape index (κ2) is 9.66. The number of pyridine rings is 1. The van der Waals surface area contributed by atoms with Crippen LogP contribution in [0.25, 0.3) is 0 Å². The summed E-state index contributed by atoms with van der Waals surface area (Å²) in [5.74, 6) is 0.411. The second-order valence-electron chi connectivity index (χ2n) is 9.02. The van der Waals surface area contributed by atoms with Crippen molar-refractivity contribution in [2.75, 3.05) is 39.3 Å². The van der Waals surface area contributed by atoms with Crippen LogP contribution in [-0.2, 0) is 4.79 Å². The van der Waals surface area contributed by atoms with Gasteiger partial charge in [0, 0.05) is 63.1 Å². The van der Waals surface area contributed by atoms with Crippen LogP contribution in [0.1, 0.15) is 54.6 Å². The van der Waals surface area contributed by atoms with Crippen molar-refractivity contribution in [2.45, 2.75) is 51.5 Å². The predicted octanol–water partition coefficient (Wildman–Crippen LogP) is 2.04. The molecule has 0 bridgehead atoms. The summed E-state index contributed by atoms with van der Waals surface area (Å²) < 4.78 is 0. The number of carbonyl (C=O) groups is 3. The fourth-order valence-electron chi connectivity index (χ4n) is 4.84. The fourth-order valence-corrected chi connectivity index (χ4v) is 4.84. The topological polar surface area (TPSA) is 85.9 Å². The highest BCUT2D eigenvalue weighted by Gasteiger charge is 2.32. The zero-order valence-electron chi connectivity index (χ0n) is 18.4. The van der Waals surface area contributed by atoms with Gasteiger partial charge in [-0.05, 0) is 38.3 Å². The lowest BCUT2D eigenvalue weighted by Gasteiger charge is -2.37. The minimum atomic E-state index is -0.0962. The van der Waals surface area contributed by atoms with Crippen molar-refractivity contribution in [1.82, 2.24) is 25.0 Å². The largest absolute Gasteiger partial charge is 0.339 e. The number of hydrogen-bond acceptors (Lipinski definition) is 4. The first kappa shape index (κ1) is 21.6. The molecule has 1 N–H and O–H groups in total. The minimum Gasteiger partial charge on any atom is -0.339 e. The average molecular weight is 428 g/mol. The van der Waals surface area contributed by atoms with E-state index in [1.807, 2.05) is 17.9 Å². The fraction of sp³-hybridized carbons (Fsp3) is 0.652. The molecular weight excluding hydrogens is 394 g/mol. The third-order valence-corrected chi connectivity index (χ3v) is 6.79. The summed E-state index contributed by atoms with van der Waals surface area (Å²) in [4.78, 5) is 47.8. The lowest BCUT2D eigenvalue weighted by Crippen LogP contribution is -2.55. The van der Waals surface area contributed by atoms with E-state index < -0.39 is 0 Å². The van der Waals surface area contributed by atoms with E-state index in [0.717, 1.165) is 37.8 Å². The summed E-state index contributed by atoms with van der Waals surface area (Å²) in [6.07, 6.45) is 7.92. The van der Waals surface area contributed by atoms with Crippen LogP contribution in [0.15, 0.2) is 18.3 Å². The van der Waals surface area contributed by atoms with Crippen LogP contribution in [0.5, 0.6) is 0 Å². The van der Waals surface area contributed by atoms with E-state index in [2.05, 4.69) is 10.3 Å². The molecule has 0 radical (unpaired) electrons. The van der Waals surface area contributed by atoms with E-state index >= 15 is 0 Å². The molecule has 4 amide bonds. The number of hydrogen-bond donors (Lipinski definition) is 1. The number of rotatable bonds is 3. The van der Waals surface area contributed by atoms with E-state index in [9.17, 15) is 14.4 Å².